The molecule has 3 aliphatic rings. The molecule has 268 valence electrons. The number of allylic oxidation sites excluding steroid dienone is 6. The fraction of sp³-hybridized carbons (Fsp3) is 0.795. The van der Waals surface area contributed by atoms with Crippen LogP contribution in [0.15, 0.2) is 47.6 Å². The van der Waals surface area contributed by atoms with Gasteiger partial charge >= 0.3 is 5.97 Å². The first-order chi connectivity index (χ1) is 22.5. The summed E-state index contributed by atoms with van der Waals surface area (Å²) in [6, 6.07) is 0. The number of ether oxygens (including phenoxy) is 1. The largest absolute Gasteiger partial charge is 0.433 e. The topological polar surface area (TPSA) is 46.5 Å². The third-order valence-electron chi connectivity index (χ3n) is 12.5. The molecule has 3 saturated carbocycles. The second kappa shape index (κ2) is 20.2. The van der Waals surface area contributed by atoms with Crippen molar-refractivity contribution in [3.05, 3.63) is 47.6 Å². The predicted octanol–water partition coefficient (Wildman–Crippen LogP) is 13.0. The zero-order valence-electron chi connectivity index (χ0n) is 31.7. The molecule has 3 fully saturated rings. The van der Waals surface area contributed by atoms with Crippen molar-refractivity contribution in [2.75, 3.05) is 0 Å². The number of unbranched alkanes of at least 4 members (excludes halogenated alkanes) is 12. The Kier molecular flexibility index (Phi) is 17.1. The summed E-state index contributed by atoms with van der Waals surface area (Å²) >= 11 is 0. The quantitative estimate of drug-likeness (QED) is 0.0617. The third-order valence-corrected chi connectivity index (χ3v) is 12.5. The molecule has 0 bridgehead atoms. The van der Waals surface area contributed by atoms with Crippen LogP contribution < -0.4 is 0 Å². The summed E-state index contributed by atoms with van der Waals surface area (Å²) in [5.41, 5.74) is 4.03. The molecule has 0 saturated heterocycles. The summed E-state index contributed by atoms with van der Waals surface area (Å²) in [7, 11) is 0. The first kappa shape index (κ1) is 39.8. The first-order valence-corrected chi connectivity index (χ1v) is 20.2. The highest BCUT2D eigenvalue weighted by molar-refractivity contribution is 5.69. The lowest BCUT2D eigenvalue weighted by atomic mass is 9.61. The highest BCUT2D eigenvalue weighted by Crippen LogP contribution is 2.59. The van der Waals surface area contributed by atoms with Gasteiger partial charge in [0.15, 0.2) is 0 Å². The van der Waals surface area contributed by atoms with E-state index in [0.29, 0.717) is 54.8 Å². The van der Waals surface area contributed by atoms with E-state index < -0.39 is 5.79 Å². The molecule has 3 rings (SSSR count). The monoisotopic (exact) mass is 651 g/mol. The number of hydrogen-bond donors (Lipinski definition) is 1. The number of carbonyl (C=O) groups is 1. The van der Waals surface area contributed by atoms with E-state index in [0.717, 1.165) is 36.3 Å². The number of rotatable bonds is 20. The van der Waals surface area contributed by atoms with E-state index in [1.165, 1.54) is 96.3 Å². The van der Waals surface area contributed by atoms with Gasteiger partial charge in [0.05, 0.1) is 0 Å². The zero-order valence-corrected chi connectivity index (χ0v) is 31.7. The van der Waals surface area contributed by atoms with Crippen molar-refractivity contribution < 1.29 is 14.6 Å². The Morgan fingerprint density at radius 1 is 0.872 bits per heavy atom. The number of esters is 1. The van der Waals surface area contributed by atoms with Crippen molar-refractivity contribution in [3.63, 3.8) is 0 Å². The molecule has 0 aliphatic heterocycles. The lowest BCUT2D eigenvalue weighted by Gasteiger charge is -2.44. The number of aliphatic hydroxyl groups is 1. The number of carbonyl (C=O) groups excluding carboxylic acids is 1. The van der Waals surface area contributed by atoms with Crippen LogP contribution in [0, 0.1) is 35.0 Å². The summed E-state index contributed by atoms with van der Waals surface area (Å²) in [5.74, 6) is 1.60. The van der Waals surface area contributed by atoms with Crippen LogP contribution in [0.2, 0.25) is 0 Å². The second-order valence-corrected chi connectivity index (χ2v) is 16.6. The van der Waals surface area contributed by atoms with Crippen molar-refractivity contribution in [2.45, 2.75) is 189 Å². The molecule has 0 amide bonds. The maximum Gasteiger partial charge on any atom is 0.308 e. The maximum atomic E-state index is 12.7. The van der Waals surface area contributed by atoms with E-state index in [-0.39, 0.29) is 5.97 Å². The molecule has 0 heterocycles. The average Bonchev–Trinajstić information content (AvgIpc) is 3.40. The SMILES string of the molecule is C=C1CC[C@](O)(OC(=O)CCCCCCCCCCCCCCC)C/C1=C/C=C1\CCC[C@]2(C)[C@@H]([C@H](C)/C=C/[C@H](C)C(C)C)CC[C@@H]12. The molecule has 6 atom stereocenters. The van der Waals surface area contributed by atoms with E-state index >= 15 is 0 Å². The van der Waals surface area contributed by atoms with Crippen molar-refractivity contribution in [1.82, 2.24) is 0 Å². The van der Waals surface area contributed by atoms with E-state index in [1.54, 1.807) is 5.57 Å². The molecular weight excluding hydrogens is 576 g/mol. The van der Waals surface area contributed by atoms with Gasteiger partial charge in [0, 0.05) is 19.3 Å². The molecular formula is C44H74O3. The van der Waals surface area contributed by atoms with Crippen LogP contribution in [-0.4, -0.2) is 16.9 Å². The third kappa shape index (κ3) is 12.7. The average molecular weight is 651 g/mol. The van der Waals surface area contributed by atoms with Crippen molar-refractivity contribution in [2.24, 2.45) is 35.0 Å². The first-order valence-electron chi connectivity index (χ1n) is 20.2. The molecule has 0 aromatic heterocycles. The van der Waals surface area contributed by atoms with Gasteiger partial charge in [-0.3, -0.25) is 4.79 Å². The number of hydrogen-bond acceptors (Lipinski definition) is 3. The normalized spacial score (nSPS) is 29.6. The Morgan fingerprint density at radius 2 is 1.49 bits per heavy atom. The molecule has 3 nitrogen and oxygen atoms in total. The minimum atomic E-state index is -1.41. The van der Waals surface area contributed by atoms with Gasteiger partial charge in [0.1, 0.15) is 0 Å². The Balaban J connectivity index is 1.44. The van der Waals surface area contributed by atoms with Crippen LogP contribution in [0.5, 0.6) is 0 Å². The maximum absolute atomic E-state index is 12.7. The molecule has 0 aromatic carbocycles. The van der Waals surface area contributed by atoms with E-state index in [2.05, 4.69) is 72.4 Å². The fourth-order valence-corrected chi connectivity index (χ4v) is 8.89. The van der Waals surface area contributed by atoms with Gasteiger partial charge in [-0.15, -0.1) is 0 Å². The van der Waals surface area contributed by atoms with Gasteiger partial charge in [0.2, 0.25) is 5.79 Å². The minimum absolute atomic E-state index is 0.258. The highest BCUT2D eigenvalue weighted by atomic mass is 16.7. The molecule has 47 heavy (non-hydrogen) atoms. The van der Waals surface area contributed by atoms with Crippen LogP contribution in [0.1, 0.15) is 183 Å². The molecule has 0 unspecified atom stereocenters. The number of fused-ring (bicyclic) bond motifs is 1. The Labute approximate surface area is 291 Å². The van der Waals surface area contributed by atoms with Crippen molar-refractivity contribution in [1.29, 1.82) is 0 Å². The smallest absolute Gasteiger partial charge is 0.308 e. The molecule has 1 N–H and O–H groups in total. The van der Waals surface area contributed by atoms with Gasteiger partial charge in [-0.05, 0) is 85.5 Å². The van der Waals surface area contributed by atoms with Gasteiger partial charge < -0.3 is 9.84 Å². The lowest BCUT2D eigenvalue weighted by Crippen LogP contribution is -2.38. The summed E-state index contributed by atoms with van der Waals surface area (Å²) in [6.45, 7) is 18.6. The molecule has 0 spiro atoms. The summed E-state index contributed by atoms with van der Waals surface area (Å²) < 4.78 is 5.74. The van der Waals surface area contributed by atoms with Crippen LogP contribution >= 0.6 is 0 Å². The Hall–Kier alpha value is -1.61. The second-order valence-electron chi connectivity index (χ2n) is 16.6. The van der Waals surface area contributed by atoms with Crippen LogP contribution in [-0.2, 0) is 9.53 Å². The van der Waals surface area contributed by atoms with Gasteiger partial charge in [-0.25, -0.2) is 0 Å². The zero-order chi connectivity index (χ0) is 34.3. The lowest BCUT2D eigenvalue weighted by molar-refractivity contribution is -0.213. The Morgan fingerprint density at radius 3 is 2.11 bits per heavy atom. The Bertz CT molecular complexity index is 1050. The van der Waals surface area contributed by atoms with E-state index in [4.69, 9.17) is 4.74 Å². The van der Waals surface area contributed by atoms with E-state index in [9.17, 15) is 9.90 Å². The molecule has 3 aliphatic carbocycles. The molecule has 0 radical (unpaired) electrons. The summed E-state index contributed by atoms with van der Waals surface area (Å²) in [4.78, 5) is 12.7. The molecule has 3 heteroatoms. The summed E-state index contributed by atoms with van der Waals surface area (Å²) in [6.07, 6.45) is 34.3. The standard InChI is InChI=1S/C44H74O3/c1-8-9-10-11-12-13-14-15-16-17-18-19-20-23-42(45)47-44(46)32-30-36(5)39(33-44)27-26-38-22-21-31-43(7)40(28-29-41(38)43)37(6)25-24-35(4)34(2)3/h24-27,34-35,37,40-41,46H,5,8-23,28-33H2,1-4,6-7H3/b25-24+,38-26+,39-27-/t35-,37+,40+,41-,43+,44-/m0/s1. The minimum Gasteiger partial charge on any atom is -0.433 e. The van der Waals surface area contributed by atoms with E-state index in [1.807, 2.05) is 0 Å². The van der Waals surface area contributed by atoms with Gasteiger partial charge in [-0.1, -0.05) is 161 Å². The van der Waals surface area contributed by atoms with Crippen LogP contribution in [0.25, 0.3) is 0 Å². The molecule has 0 aromatic rings. The fourth-order valence-electron chi connectivity index (χ4n) is 8.89. The van der Waals surface area contributed by atoms with Crippen LogP contribution in [0.4, 0.5) is 0 Å². The predicted molar refractivity (Wildman–Crippen MR) is 201 cm³/mol. The highest BCUT2D eigenvalue weighted by Gasteiger charge is 2.50. The van der Waals surface area contributed by atoms with Crippen molar-refractivity contribution in [3.8, 4) is 0 Å². The van der Waals surface area contributed by atoms with Gasteiger partial charge in [-0.2, -0.15) is 0 Å². The summed E-state index contributed by atoms with van der Waals surface area (Å²) in [5, 5.41) is 11.3. The van der Waals surface area contributed by atoms with Gasteiger partial charge in [0.25, 0.3) is 0 Å². The van der Waals surface area contributed by atoms with Crippen molar-refractivity contribution >= 4 is 5.97 Å². The van der Waals surface area contributed by atoms with Crippen LogP contribution in [0.3, 0.4) is 0 Å².